The molecule has 6 rings (SSSR count). The molecule has 5 heterocycles. The Kier molecular flexibility index (Phi) is 4.48. The lowest BCUT2D eigenvalue weighted by atomic mass is 9.75. The Morgan fingerprint density at radius 2 is 1.96 bits per heavy atom. The van der Waals surface area contributed by atoms with Gasteiger partial charge in [0.2, 0.25) is 5.91 Å². The lowest BCUT2D eigenvalue weighted by Crippen LogP contribution is -2.60. The molecule has 2 bridgehead atoms. The molecule has 0 spiro atoms. The smallest absolute Gasteiger partial charge is 0.222 e. The molecule has 0 aliphatic carbocycles. The summed E-state index contributed by atoms with van der Waals surface area (Å²) in [6.07, 6.45) is 8.74. The van der Waals surface area contributed by atoms with Gasteiger partial charge in [0.1, 0.15) is 0 Å². The molecule has 4 fully saturated rings. The number of hydrogen-bond acceptors (Lipinski definition) is 3. The number of nitrogens with one attached hydrogen (secondary N) is 1. The summed E-state index contributed by atoms with van der Waals surface area (Å²) in [7, 11) is 0. The average molecular weight is 364 g/mol. The number of aryl methyl sites for hydroxylation is 1. The standard InChI is InChI=1S/C22H28N4O/c27-20(8-4-5-16-13-23-24-14-16)26-15-19(17-6-2-1-3-7-17)22-21(26)18-9-11-25(22)12-10-18/h1-3,6-7,13-14,18-19,21-22H,4-5,8-12,15H2,(H,23,24)/t19-,21-,22-/m1/s1. The van der Waals surface area contributed by atoms with E-state index >= 15 is 0 Å². The van der Waals surface area contributed by atoms with Gasteiger partial charge in [0, 0.05) is 31.1 Å². The second-order valence-electron chi connectivity index (χ2n) is 8.38. The Morgan fingerprint density at radius 1 is 1.15 bits per heavy atom. The SMILES string of the molecule is O=C(CCCc1cn[nH]c1)N1C[C@H](c2ccccc2)[C@@H]2[C@H]1C1CCN2CC1. The molecular weight excluding hydrogens is 336 g/mol. The predicted octanol–water partition coefficient (Wildman–Crippen LogP) is 2.82. The van der Waals surface area contributed by atoms with E-state index in [0.717, 1.165) is 19.4 Å². The highest BCUT2D eigenvalue weighted by Gasteiger charge is 2.54. The molecule has 1 aromatic heterocycles. The largest absolute Gasteiger partial charge is 0.337 e. The molecule has 1 N–H and O–H groups in total. The van der Waals surface area contributed by atoms with E-state index in [1.165, 1.54) is 37.1 Å². The number of nitrogens with zero attached hydrogens (tertiary/aromatic N) is 3. The highest BCUT2D eigenvalue weighted by Crippen LogP contribution is 2.46. The number of fused-ring (bicyclic) bond motifs is 2. The molecule has 2 aromatic rings. The molecule has 5 nitrogen and oxygen atoms in total. The van der Waals surface area contributed by atoms with Crippen molar-refractivity contribution in [3.63, 3.8) is 0 Å². The van der Waals surface area contributed by atoms with Crippen LogP contribution in [0.3, 0.4) is 0 Å². The van der Waals surface area contributed by atoms with Gasteiger partial charge in [-0.3, -0.25) is 14.8 Å². The molecule has 4 saturated heterocycles. The maximum absolute atomic E-state index is 13.2. The number of carbonyl (C=O) groups excluding carboxylic acids is 1. The van der Waals surface area contributed by atoms with Crippen molar-refractivity contribution in [3.8, 4) is 0 Å². The summed E-state index contributed by atoms with van der Waals surface area (Å²) in [5.41, 5.74) is 2.58. The van der Waals surface area contributed by atoms with Gasteiger partial charge in [-0.1, -0.05) is 30.3 Å². The van der Waals surface area contributed by atoms with Crippen LogP contribution in [0.1, 0.15) is 42.7 Å². The van der Waals surface area contributed by atoms with Crippen LogP contribution in [0.5, 0.6) is 0 Å². The van der Waals surface area contributed by atoms with Gasteiger partial charge >= 0.3 is 0 Å². The number of carbonyl (C=O) groups is 1. The zero-order valence-corrected chi connectivity index (χ0v) is 15.8. The first-order valence-electron chi connectivity index (χ1n) is 10.4. The van der Waals surface area contributed by atoms with E-state index in [-0.39, 0.29) is 0 Å². The molecule has 4 aliphatic rings. The number of aromatic nitrogens is 2. The van der Waals surface area contributed by atoms with E-state index in [0.29, 0.717) is 36.2 Å². The van der Waals surface area contributed by atoms with Crippen LogP contribution >= 0.6 is 0 Å². The van der Waals surface area contributed by atoms with Gasteiger partial charge in [0.25, 0.3) is 0 Å². The fraction of sp³-hybridized carbons (Fsp3) is 0.545. The lowest BCUT2D eigenvalue weighted by Gasteiger charge is -2.51. The van der Waals surface area contributed by atoms with Gasteiger partial charge in [-0.15, -0.1) is 0 Å². The summed E-state index contributed by atoms with van der Waals surface area (Å²) in [6, 6.07) is 11.8. The van der Waals surface area contributed by atoms with Crippen molar-refractivity contribution in [1.82, 2.24) is 20.0 Å². The topological polar surface area (TPSA) is 52.2 Å². The van der Waals surface area contributed by atoms with Gasteiger partial charge in [-0.2, -0.15) is 5.10 Å². The van der Waals surface area contributed by atoms with Crippen LogP contribution in [0.25, 0.3) is 0 Å². The minimum atomic E-state index is 0.348. The lowest BCUT2D eigenvalue weighted by molar-refractivity contribution is -0.136. The number of hydrogen-bond donors (Lipinski definition) is 1. The average Bonchev–Trinajstić information content (AvgIpc) is 3.38. The second-order valence-corrected chi connectivity index (χ2v) is 8.38. The summed E-state index contributed by atoms with van der Waals surface area (Å²) in [6.45, 7) is 3.30. The molecule has 0 radical (unpaired) electrons. The summed E-state index contributed by atoms with van der Waals surface area (Å²) in [4.78, 5) is 18.1. The Morgan fingerprint density at radius 3 is 2.70 bits per heavy atom. The second kappa shape index (κ2) is 7.12. The van der Waals surface area contributed by atoms with Crippen LogP contribution in [0.15, 0.2) is 42.7 Å². The summed E-state index contributed by atoms with van der Waals surface area (Å²) in [5.74, 6) is 1.49. The monoisotopic (exact) mass is 364 g/mol. The van der Waals surface area contributed by atoms with Crippen LogP contribution < -0.4 is 0 Å². The molecule has 1 amide bonds. The number of rotatable bonds is 5. The summed E-state index contributed by atoms with van der Waals surface area (Å²) in [5, 5.41) is 6.85. The Bertz CT molecular complexity index is 767. The molecule has 4 aliphatic heterocycles. The molecule has 27 heavy (non-hydrogen) atoms. The number of aromatic amines is 1. The van der Waals surface area contributed by atoms with E-state index in [1.54, 1.807) is 0 Å². The van der Waals surface area contributed by atoms with Gasteiger partial charge in [0.15, 0.2) is 0 Å². The first-order valence-corrected chi connectivity index (χ1v) is 10.4. The number of H-pyrrole nitrogens is 1. The third kappa shape index (κ3) is 3.08. The molecule has 0 saturated carbocycles. The van der Waals surface area contributed by atoms with E-state index in [9.17, 15) is 4.79 Å². The minimum Gasteiger partial charge on any atom is -0.337 e. The van der Waals surface area contributed by atoms with Crippen LogP contribution in [0.2, 0.25) is 0 Å². The number of likely N-dealkylation sites (tertiary alicyclic amines) is 1. The number of benzene rings is 1. The van der Waals surface area contributed by atoms with Crippen molar-refractivity contribution in [2.45, 2.75) is 50.1 Å². The third-order valence-electron chi connectivity index (χ3n) is 6.95. The first-order chi connectivity index (χ1) is 13.3. The van der Waals surface area contributed by atoms with E-state index in [2.05, 4.69) is 50.3 Å². The van der Waals surface area contributed by atoms with Crippen molar-refractivity contribution < 1.29 is 4.79 Å². The van der Waals surface area contributed by atoms with Crippen molar-refractivity contribution in [1.29, 1.82) is 0 Å². The Hall–Kier alpha value is -2.14. The van der Waals surface area contributed by atoms with Crippen LogP contribution in [-0.2, 0) is 11.2 Å². The molecule has 0 unspecified atom stereocenters. The predicted molar refractivity (Wildman–Crippen MR) is 104 cm³/mol. The fourth-order valence-corrected chi connectivity index (χ4v) is 5.70. The molecule has 1 aromatic carbocycles. The zero-order chi connectivity index (χ0) is 18.2. The maximum atomic E-state index is 13.2. The van der Waals surface area contributed by atoms with E-state index < -0.39 is 0 Å². The normalized spacial score (nSPS) is 31.9. The van der Waals surface area contributed by atoms with E-state index in [4.69, 9.17) is 0 Å². The highest BCUT2D eigenvalue weighted by molar-refractivity contribution is 5.77. The van der Waals surface area contributed by atoms with Crippen LogP contribution in [0, 0.1) is 5.92 Å². The van der Waals surface area contributed by atoms with E-state index in [1.807, 2.05) is 12.4 Å². The Balaban J connectivity index is 1.33. The molecule has 142 valence electrons. The highest BCUT2D eigenvalue weighted by atomic mass is 16.2. The quantitative estimate of drug-likeness (QED) is 0.888. The zero-order valence-electron chi connectivity index (χ0n) is 15.8. The first kappa shape index (κ1) is 17.0. The molecular formula is C22H28N4O. The third-order valence-corrected chi connectivity index (χ3v) is 6.95. The fourth-order valence-electron chi connectivity index (χ4n) is 5.70. The summed E-state index contributed by atoms with van der Waals surface area (Å²) >= 11 is 0. The van der Waals surface area contributed by atoms with Crippen molar-refractivity contribution >= 4 is 5.91 Å². The minimum absolute atomic E-state index is 0.348. The van der Waals surface area contributed by atoms with Crippen LogP contribution in [0.4, 0.5) is 0 Å². The van der Waals surface area contributed by atoms with Gasteiger partial charge in [0.05, 0.1) is 12.2 Å². The van der Waals surface area contributed by atoms with Gasteiger partial charge < -0.3 is 4.90 Å². The summed E-state index contributed by atoms with van der Waals surface area (Å²) < 4.78 is 0. The van der Waals surface area contributed by atoms with Crippen LogP contribution in [-0.4, -0.2) is 57.6 Å². The molecule has 5 heteroatoms. The van der Waals surface area contributed by atoms with Gasteiger partial charge in [-0.25, -0.2) is 0 Å². The Labute approximate surface area is 160 Å². The van der Waals surface area contributed by atoms with Crippen molar-refractivity contribution in [2.24, 2.45) is 5.92 Å². The van der Waals surface area contributed by atoms with Crippen molar-refractivity contribution in [3.05, 3.63) is 53.9 Å². The number of piperidine rings is 3. The maximum Gasteiger partial charge on any atom is 0.222 e. The molecule has 3 atom stereocenters. The van der Waals surface area contributed by atoms with Crippen molar-refractivity contribution in [2.75, 3.05) is 19.6 Å². The number of amides is 1. The van der Waals surface area contributed by atoms with Gasteiger partial charge in [-0.05, 0) is 55.8 Å².